The van der Waals surface area contributed by atoms with E-state index in [1.54, 1.807) is 24.1 Å². The number of hydrogen-bond donors (Lipinski definition) is 0. The van der Waals surface area contributed by atoms with E-state index >= 15 is 0 Å². The lowest BCUT2D eigenvalue weighted by Crippen LogP contribution is -2.37. The van der Waals surface area contributed by atoms with Gasteiger partial charge in [0.2, 0.25) is 0 Å². The number of rotatable bonds is 8. The number of para-hydroxylation sites is 3. The minimum absolute atomic E-state index is 0.118. The van der Waals surface area contributed by atoms with Crippen molar-refractivity contribution in [2.24, 2.45) is 0 Å². The Balaban J connectivity index is 1.56. The highest BCUT2D eigenvalue weighted by atomic mass is 32.1. The van der Waals surface area contributed by atoms with Gasteiger partial charge in [-0.2, -0.15) is 5.10 Å². The van der Waals surface area contributed by atoms with Gasteiger partial charge in [-0.25, -0.2) is 4.98 Å². The second-order valence-electron chi connectivity index (χ2n) is 7.10. The molecule has 8 heteroatoms. The van der Waals surface area contributed by atoms with Gasteiger partial charge >= 0.3 is 0 Å². The smallest absolute Gasteiger partial charge is 0.266 e. The van der Waals surface area contributed by atoms with Crippen LogP contribution in [0, 0.1) is 13.8 Å². The first kappa shape index (κ1) is 20.9. The summed E-state index contributed by atoms with van der Waals surface area (Å²) < 4.78 is 14.0. The van der Waals surface area contributed by atoms with Gasteiger partial charge < -0.3 is 9.47 Å². The second kappa shape index (κ2) is 9.18. The first-order chi connectivity index (χ1) is 15.0. The van der Waals surface area contributed by atoms with Crippen molar-refractivity contribution in [2.45, 2.75) is 20.4 Å². The molecule has 2 heterocycles. The number of hydrogen-bond acceptors (Lipinski definition) is 6. The van der Waals surface area contributed by atoms with E-state index in [9.17, 15) is 4.79 Å². The molecule has 0 aliphatic rings. The predicted octanol–water partition coefficient (Wildman–Crippen LogP) is 4.23. The molecular weight excluding hydrogens is 412 g/mol. The molecule has 0 saturated carbocycles. The lowest BCUT2D eigenvalue weighted by Gasteiger charge is -2.21. The number of carbonyl (C=O) groups excluding carboxylic acids is 1. The van der Waals surface area contributed by atoms with Crippen molar-refractivity contribution >= 4 is 32.6 Å². The first-order valence-corrected chi connectivity index (χ1v) is 10.8. The zero-order chi connectivity index (χ0) is 21.8. The molecule has 4 rings (SSSR count). The quantitative estimate of drug-likeness (QED) is 0.413. The highest BCUT2D eigenvalue weighted by molar-refractivity contribution is 7.22. The van der Waals surface area contributed by atoms with Crippen LogP contribution in [0.1, 0.15) is 11.4 Å². The van der Waals surface area contributed by atoms with Crippen LogP contribution in [0.4, 0.5) is 5.13 Å². The molecule has 0 saturated heterocycles. The van der Waals surface area contributed by atoms with Gasteiger partial charge in [-0.3, -0.25) is 14.4 Å². The Morgan fingerprint density at radius 2 is 1.84 bits per heavy atom. The van der Waals surface area contributed by atoms with Gasteiger partial charge in [-0.05, 0) is 44.2 Å². The Morgan fingerprint density at radius 1 is 1.10 bits per heavy atom. The van der Waals surface area contributed by atoms with Crippen molar-refractivity contribution in [3.63, 3.8) is 0 Å². The highest BCUT2D eigenvalue weighted by Gasteiger charge is 2.21. The molecule has 2 aromatic carbocycles. The zero-order valence-electron chi connectivity index (χ0n) is 17.7. The topological polar surface area (TPSA) is 69.5 Å². The fourth-order valence-corrected chi connectivity index (χ4v) is 4.36. The Bertz CT molecular complexity index is 1170. The largest absolute Gasteiger partial charge is 0.493 e. The molecule has 1 amide bonds. The van der Waals surface area contributed by atoms with E-state index in [0.29, 0.717) is 29.7 Å². The molecule has 0 aliphatic carbocycles. The van der Waals surface area contributed by atoms with E-state index in [1.165, 1.54) is 11.3 Å². The standard InChI is InChI=1S/C23H24N4O3S/c1-16-14-17(2)27(25-16)13-12-26(23-24-18-8-4-7-11-21(18)31-23)22(28)15-30-20-10-6-5-9-19(20)29-3/h4-11,14H,12-13,15H2,1-3H3. The number of methoxy groups -OCH3 is 1. The number of ether oxygens (including phenoxy) is 2. The molecule has 0 spiro atoms. The molecule has 4 aromatic rings. The van der Waals surface area contributed by atoms with Crippen LogP contribution in [0.15, 0.2) is 54.6 Å². The summed E-state index contributed by atoms with van der Waals surface area (Å²) in [6.07, 6.45) is 0. The molecule has 31 heavy (non-hydrogen) atoms. The number of aromatic nitrogens is 3. The van der Waals surface area contributed by atoms with Gasteiger partial charge in [0, 0.05) is 12.2 Å². The van der Waals surface area contributed by atoms with Gasteiger partial charge in [0.1, 0.15) is 0 Å². The molecule has 0 radical (unpaired) electrons. The normalized spacial score (nSPS) is 10.9. The minimum atomic E-state index is -0.175. The molecule has 2 aromatic heterocycles. The van der Waals surface area contributed by atoms with Crippen molar-refractivity contribution < 1.29 is 14.3 Å². The van der Waals surface area contributed by atoms with Crippen LogP contribution < -0.4 is 14.4 Å². The summed E-state index contributed by atoms with van der Waals surface area (Å²) in [4.78, 5) is 19.6. The highest BCUT2D eigenvalue weighted by Crippen LogP contribution is 2.29. The van der Waals surface area contributed by atoms with E-state index in [1.807, 2.05) is 61.0 Å². The number of benzene rings is 2. The minimum Gasteiger partial charge on any atom is -0.493 e. The van der Waals surface area contributed by atoms with Gasteiger partial charge in [0.25, 0.3) is 5.91 Å². The van der Waals surface area contributed by atoms with Crippen molar-refractivity contribution in [1.82, 2.24) is 14.8 Å². The second-order valence-corrected chi connectivity index (χ2v) is 8.11. The van der Waals surface area contributed by atoms with Crippen LogP contribution in [-0.4, -0.2) is 40.9 Å². The van der Waals surface area contributed by atoms with Gasteiger partial charge in [0.05, 0.1) is 29.6 Å². The van der Waals surface area contributed by atoms with E-state index < -0.39 is 0 Å². The number of carbonyl (C=O) groups is 1. The molecule has 0 bridgehead atoms. The number of amides is 1. The van der Waals surface area contributed by atoms with E-state index in [0.717, 1.165) is 21.6 Å². The number of fused-ring (bicyclic) bond motifs is 1. The summed E-state index contributed by atoms with van der Waals surface area (Å²) in [6, 6.07) is 17.2. The van der Waals surface area contributed by atoms with Crippen LogP contribution in [0.3, 0.4) is 0 Å². The summed E-state index contributed by atoms with van der Waals surface area (Å²) >= 11 is 1.49. The Morgan fingerprint density at radius 3 is 2.55 bits per heavy atom. The van der Waals surface area contributed by atoms with Crippen LogP contribution in [0.25, 0.3) is 10.2 Å². The van der Waals surface area contributed by atoms with Crippen molar-refractivity contribution in [3.8, 4) is 11.5 Å². The fraction of sp³-hybridized carbons (Fsp3) is 0.261. The van der Waals surface area contributed by atoms with Gasteiger partial charge in [-0.15, -0.1) is 0 Å². The molecule has 7 nitrogen and oxygen atoms in total. The van der Waals surface area contributed by atoms with E-state index in [2.05, 4.69) is 10.1 Å². The molecule has 0 N–H and O–H groups in total. The van der Waals surface area contributed by atoms with Crippen molar-refractivity contribution in [1.29, 1.82) is 0 Å². The third-order valence-corrected chi connectivity index (χ3v) is 5.93. The van der Waals surface area contributed by atoms with E-state index in [4.69, 9.17) is 9.47 Å². The van der Waals surface area contributed by atoms with E-state index in [-0.39, 0.29) is 12.5 Å². The Hall–Kier alpha value is -3.39. The molecule has 0 atom stereocenters. The number of nitrogens with zero attached hydrogens (tertiary/aromatic N) is 4. The summed E-state index contributed by atoms with van der Waals surface area (Å²) in [5.41, 5.74) is 2.88. The van der Waals surface area contributed by atoms with Crippen LogP contribution >= 0.6 is 11.3 Å². The van der Waals surface area contributed by atoms with Crippen LogP contribution in [0.5, 0.6) is 11.5 Å². The third-order valence-electron chi connectivity index (χ3n) is 4.87. The lowest BCUT2D eigenvalue weighted by molar-refractivity contribution is -0.120. The monoisotopic (exact) mass is 436 g/mol. The van der Waals surface area contributed by atoms with Gasteiger partial charge in [0.15, 0.2) is 23.2 Å². The molecular formula is C23H24N4O3S. The SMILES string of the molecule is COc1ccccc1OCC(=O)N(CCn1nc(C)cc1C)c1nc2ccccc2s1. The average Bonchev–Trinajstić information content (AvgIpc) is 3.34. The molecule has 0 aliphatic heterocycles. The summed E-state index contributed by atoms with van der Waals surface area (Å²) in [6.45, 7) is 4.86. The summed E-state index contributed by atoms with van der Waals surface area (Å²) in [5.74, 6) is 0.942. The average molecular weight is 437 g/mol. The first-order valence-electron chi connectivity index (χ1n) is 9.98. The predicted molar refractivity (Wildman–Crippen MR) is 122 cm³/mol. The Labute approximate surface area is 184 Å². The maximum absolute atomic E-state index is 13.2. The van der Waals surface area contributed by atoms with Crippen LogP contribution in [0.2, 0.25) is 0 Å². The summed E-state index contributed by atoms with van der Waals surface area (Å²) in [5, 5.41) is 5.16. The van der Waals surface area contributed by atoms with Gasteiger partial charge in [-0.1, -0.05) is 35.6 Å². The lowest BCUT2D eigenvalue weighted by atomic mass is 10.3. The zero-order valence-corrected chi connectivity index (χ0v) is 18.6. The molecule has 0 unspecified atom stereocenters. The molecule has 160 valence electrons. The summed E-state index contributed by atoms with van der Waals surface area (Å²) in [7, 11) is 1.58. The number of anilines is 1. The fourth-order valence-electron chi connectivity index (χ4n) is 3.35. The van der Waals surface area contributed by atoms with Crippen molar-refractivity contribution in [3.05, 3.63) is 66.0 Å². The number of thiazole rings is 1. The maximum atomic E-state index is 13.2. The van der Waals surface area contributed by atoms with Crippen molar-refractivity contribution in [2.75, 3.05) is 25.2 Å². The molecule has 0 fully saturated rings. The number of aryl methyl sites for hydroxylation is 2. The third kappa shape index (κ3) is 4.69. The Kier molecular flexibility index (Phi) is 6.18. The maximum Gasteiger partial charge on any atom is 0.266 e. The van der Waals surface area contributed by atoms with Crippen LogP contribution in [-0.2, 0) is 11.3 Å².